The summed E-state index contributed by atoms with van der Waals surface area (Å²) in [4.78, 5) is 11.3. The van der Waals surface area contributed by atoms with E-state index in [0.717, 1.165) is 16.9 Å². The Kier molecular flexibility index (Phi) is 9.00. The maximum atomic E-state index is 11.3. The fourth-order valence-corrected chi connectivity index (χ4v) is 1.70. The number of halogens is 1. The number of para-hydroxylation sites is 1. The topological polar surface area (TPSA) is 50.4 Å². The number of rotatable bonds is 7. The molecule has 0 heterocycles. The van der Waals surface area contributed by atoms with Gasteiger partial charge in [0.15, 0.2) is 0 Å². The van der Waals surface area contributed by atoms with E-state index in [4.69, 9.17) is 4.74 Å². The number of carbonyl (C=O) groups excluding carboxylic acids is 1. The first-order chi connectivity index (χ1) is 8.65. The number of carbonyl (C=O) groups is 1. The van der Waals surface area contributed by atoms with Gasteiger partial charge in [-0.05, 0) is 32.0 Å². The van der Waals surface area contributed by atoms with Crippen LogP contribution < -0.4 is 15.4 Å². The van der Waals surface area contributed by atoms with Gasteiger partial charge in [0.05, 0.1) is 6.54 Å². The van der Waals surface area contributed by atoms with E-state index in [9.17, 15) is 4.79 Å². The molecule has 0 aliphatic rings. The van der Waals surface area contributed by atoms with E-state index in [2.05, 4.69) is 10.6 Å². The molecule has 2 N–H and O–H groups in total. The lowest BCUT2D eigenvalue weighted by molar-refractivity contribution is -0.121. The lowest BCUT2D eigenvalue weighted by Gasteiger charge is -2.12. The number of nitrogens with one attached hydrogen (secondary N) is 2. The van der Waals surface area contributed by atoms with Gasteiger partial charge >= 0.3 is 0 Å². The van der Waals surface area contributed by atoms with Gasteiger partial charge in [-0.3, -0.25) is 4.79 Å². The molecule has 0 atom stereocenters. The fourth-order valence-electron chi connectivity index (χ4n) is 1.70. The first-order valence-corrected chi connectivity index (χ1v) is 6.25. The summed E-state index contributed by atoms with van der Waals surface area (Å²) in [7, 11) is 1.83. The molecule has 108 valence electrons. The van der Waals surface area contributed by atoms with E-state index >= 15 is 0 Å². The third kappa shape index (κ3) is 6.45. The summed E-state index contributed by atoms with van der Waals surface area (Å²) in [6.45, 7) is 5.78. The second-order valence-corrected chi connectivity index (χ2v) is 4.27. The average molecular weight is 287 g/mol. The van der Waals surface area contributed by atoms with Gasteiger partial charge in [0.25, 0.3) is 0 Å². The van der Waals surface area contributed by atoms with Gasteiger partial charge in [-0.1, -0.05) is 18.2 Å². The Hall–Kier alpha value is -1.26. The van der Waals surface area contributed by atoms with E-state index in [0.29, 0.717) is 26.1 Å². The van der Waals surface area contributed by atoms with Crippen molar-refractivity contribution < 1.29 is 9.53 Å². The number of hydrogen-bond donors (Lipinski definition) is 2. The van der Waals surface area contributed by atoms with Crippen LogP contribution in [0.2, 0.25) is 0 Å². The predicted octanol–water partition coefficient (Wildman–Crippen LogP) is 1.83. The highest BCUT2D eigenvalue weighted by molar-refractivity contribution is 5.85. The number of hydrogen-bond acceptors (Lipinski definition) is 3. The number of aryl methyl sites for hydroxylation is 2. The van der Waals surface area contributed by atoms with Crippen molar-refractivity contribution >= 4 is 18.3 Å². The molecule has 19 heavy (non-hydrogen) atoms. The number of ether oxygens (including phenoxy) is 1. The summed E-state index contributed by atoms with van der Waals surface area (Å²) in [6, 6.07) is 6.05. The van der Waals surface area contributed by atoms with Crippen molar-refractivity contribution in [3.63, 3.8) is 0 Å². The van der Waals surface area contributed by atoms with Gasteiger partial charge in [-0.2, -0.15) is 0 Å². The van der Waals surface area contributed by atoms with Crippen LogP contribution in [-0.4, -0.2) is 32.7 Å². The van der Waals surface area contributed by atoms with Crippen LogP contribution in [0.4, 0.5) is 0 Å². The number of benzene rings is 1. The van der Waals surface area contributed by atoms with Crippen LogP contribution in [-0.2, 0) is 4.79 Å². The summed E-state index contributed by atoms with van der Waals surface area (Å²) in [5.74, 6) is 0.969. The van der Waals surface area contributed by atoms with Crippen molar-refractivity contribution in [2.24, 2.45) is 0 Å². The van der Waals surface area contributed by atoms with Gasteiger partial charge in [0, 0.05) is 13.0 Å². The molecule has 0 radical (unpaired) electrons. The minimum atomic E-state index is 0. The summed E-state index contributed by atoms with van der Waals surface area (Å²) in [6.07, 6.45) is 0.500. The summed E-state index contributed by atoms with van der Waals surface area (Å²) in [5, 5.41) is 5.76. The normalized spacial score (nSPS) is 9.63. The highest BCUT2D eigenvalue weighted by atomic mass is 35.5. The van der Waals surface area contributed by atoms with E-state index in [1.54, 1.807) is 0 Å². The average Bonchev–Trinajstić information content (AvgIpc) is 2.35. The third-order valence-electron chi connectivity index (χ3n) is 2.68. The molecular weight excluding hydrogens is 264 g/mol. The Morgan fingerprint density at radius 2 is 1.84 bits per heavy atom. The number of amides is 1. The Labute approximate surface area is 121 Å². The van der Waals surface area contributed by atoms with Crippen LogP contribution >= 0.6 is 12.4 Å². The van der Waals surface area contributed by atoms with Gasteiger partial charge < -0.3 is 15.4 Å². The smallest absolute Gasteiger partial charge is 0.221 e. The molecule has 5 heteroatoms. The highest BCUT2D eigenvalue weighted by Crippen LogP contribution is 2.21. The largest absolute Gasteiger partial charge is 0.491 e. The fraction of sp³-hybridized carbons (Fsp3) is 0.500. The molecule has 0 aliphatic heterocycles. The molecule has 1 aromatic rings. The molecular formula is C14H23ClN2O2. The zero-order valence-corrected chi connectivity index (χ0v) is 12.6. The first-order valence-electron chi connectivity index (χ1n) is 6.25. The first kappa shape index (κ1) is 17.7. The minimum Gasteiger partial charge on any atom is -0.491 e. The monoisotopic (exact) mass is 286 g/mol. The van der Waals surface area contributed by atoms with Crippen molar-refractivity contribution in [2.75, 3.05) is 26.7 Å². The summed E-state index contributed by atoms with van der Waals surface area (Å²) < 4.78 is 5.69. The van der Waals surface area contributed by atoms with E-state index in [-0.39, 0.29) is 18.3 Å². The summed E-state index contributed by atoms with van der Waals surface area (Å²) in [5.41, 5.74) is 2.24. The van der Waals surface area contributed by atoms with Crippen LogP contribution in [0.3, 0.4) is 0 Å². The quantitative estimate of drug-likeness (QED) is 0.752. The van der Waals surface area contributed by atoms with Crippen molar-refractivity contribution in [1.29, 1.82) is 0 Å². The maximum Gasteiger partial charge on any atom is 0.221 e. The zero-order valence-electron chi connectivity index (χ0n) is 11.8. The Morgan fingerprint density at radius 3 is 2.42 bits per heavy atom. The van der Waals surface area contributed by atoms with Crippen LogP contribution in [0.5, 0.6) is 5.75 Å². The van der Waals surface area contributed by atoms with Gasteiger partial charge in [-0.15, -0.1) is 12.4 Å². The highest BCUT2D eigenvalue weighted by Gasteiger charge is 2.03. The Balaban J connectivity index is 0.00000324. The summed E-state index contributed by atoms with van der Waals surface area (Å²) >= 11 is 0. The molecule has 0 fully saturated rings. The van der Waals surface area contributed by atoms with Gasteiger partial charge in [0.2, 0.25) is 5.91 Å². The van der Waals surface area contributed by atoms with Crippen molar-refractivity contribution in [3.8, 4) is 5.75 Å². The maximum absolute atomic E-state index is 11.3. The van der Waals surface area contributed by atoms with Gasteiger partial charge in [0.1, 0.15) is 12.4 Å². The molecule has 0 aromatic heterocycles. The Bertz CT molecular complexity index is 377. The van der Waals surface area contributed by atoms with Crippen molar-refractivity contribution in [2.45, 2.75) is 20.3 Å². The van der Waals surface area contributed by atoms with E-state index in [1.807, 2.05) is 39.1 Å². The van der Waals surface area contributed by atoms with Crippen LogP contribution in [0.15, 0.2) is 18.2 Å². The van der Waals surface area contributed by atoms with Crippen LogP contribution in [0, 0.1) is 13.8 Å². The predicted molar refractivity (Wildman–Crippen MR) is 80.2 cm³/mol. The minimum absolute atomic E-state index is 0. The van der Waals surface area contributed by atoms with E-state index < -0.39 is 0 Å². The second kappa shape index (κ2) is 9.64. The molecule has 1 aromatic carbocycles. The molecule has 1 rings (SSSR count). The lowest BCUT2D eigenvalue weighted by Crippen LogP contribution is -2.30. The molecule has 0 unspecified atom stereocenters. The SMILES string of the molecule is CNCCC(=O)NCCOc1c(C)cccc1C.Cl. The molecule has 0 bridgehead atoms. The molecule has 0 saturated carbocycles. The second-order valence-electron chi connectivity index (χ2n) is 4.27. The third-order valence-corrected chi connectivity index (χ3v) is 2.68. The standard InChI is InChI=1S/C14H22N2O2.ClH/c1-11-5-4-6-12(2)14(11)18-10-9-16-13(17)7-8-15-3;/h4-6,15H,7-10H2,1-3H3,(H,16,17);1H. The zero-order chi connectivity index (χ0) is 13.4. The van der Waals surface area contributed by atoms with Crippen molar-refractivity contribution in [3.05, 3.63) is 29.3 Å². The molecule has 0 spiro atoms. The molecule has 0 saturated heterocycles. The lowest BCUT2D eigenvalue weighted by atomic mass is 10.1. The molecule has 0 aliphatic carbocycles. The van der Waals surface area contributed by atoms with E-state index in [1.165, 1.54) is 0 Å². The Morgan fingerprint density at radius 1 is 1.21 bits per heavy atom. The van der Waals surface area contributed by atoms with Gasteiger partial charge in [-0.25, -0.2) is 0 Å². The molecule has 4 nitrogen and oxygen atoms in total. The van der Waals surface area contributed by atoms with Crippen LogP contribution in [0.1, 0.15) is 17.5 Å². The molecule has 1 amide bonds. The van der Waals surface area contributed by atoms with Crippen LogP contribution in [0.25, 0.3) is 0 Å². The van der Waals surface area contributed by atoms with Crippen molar-refractivity contribution in [1.82, 2.24) is 10.6 Å².